The zero-order valence-electron chi connectivity index (χ0n) is 11.8. The van der Waals surface area contributed by atoms with Gasteiger partial charge in [-0.15, -0.1) is 0 Å². The second-order valence-corrected chi connectivity index (χ2v) is 4.68. The van der Waals surface area contributed by atoms with Crippen LogP contribution in [0.15, 0.2) is 0 Å². The Morgan fingerprint density at radius 2 is 1.95 bits per heavy atom. The number of methoxy groups -OCH3 is 1. The third kappa shape index (κ3) is 8.18. The van der Waals surface area contributed by atoms with Crippen LogP contribution in [0.3, 0.4) is 0 Å². The summed E-state index contributed by atoms with van der Waals surface area (Å²) in [6.07, 6.45) is 2.29. The lowest BCUT2D eigenvalue weighted by Gasteiger charge is -2.18. The van der Waals surface area contributed by atoms with Crippen LogP contribution in [-0.4, -0.2) is 36.1 Å². The van der Waals surface area contributed by atoms with Crippen LogP contribution in [0.4, 0.5) is 0 Å². The molecule has 0 aromatic heterocycles. The van der Waals surface area contributed by atoms with E-state index in [0.717, 1.165) is 12.8 Å². The van der Waals surface area contributed by atoms with Crippen LogP contribution in [0, 0.1) is 5.92 Å². The number of carboxylic acid groups (broad SMARTS) is 1. The molecule has 1 amide bonds. The molecule has 0 heterocycles. The topological polar surface area (TPSA) is 92.7 Å². The van der Waals surface area contributed by atoms with Gasteiger partial charge in [0.25, 0.3) is 0 Å². The van der Waals surface area contributed by atoms with Crippen LogP contribution >= 0.6 is 0 Å². The Kier molecular flexibility index (Phi) is 8.57. The number of hydrogen-bond donors (Lipinski definition) is 2. The van der Waals surface area contributed by atoms with Gasteiger partial charge in [0.1, 0.15) is 6.04 Å². The number of ether oxygens (including phenoxy) is 1. The Hall–Kier alpha value is -1.59. The fourth-order valence-corrected chi connectivity index (χ4v) is 1.68. The number of carbonyl (C=O) groups is 3. The minimum Gasteiger partial charge on any atom is -0.480 e. The Bertz CT molecular complexity index is 316. The lowest BCUT2D eigenvalue weighted by atomic mass is 9.98. The summed E-state index contributed by atoms with van der Waals surface area (Å²) in [6, 6.07) is -0.955. The van der Waals surface area contributed by atoms with E-state index in [1.807, 2.05) is 6.92 Å². The molecular weight excluding hydrogens is 250 g/mol. The highest BCUT2D eigenvalue weighted by Crippen LogP contribution is 2.12. The van der Waals surface area contributed by atoms with Crippen molar-refractivity contribution in [2.45, 2.75) is 52.0 Å². The summed E-state index contributed by atoms with van der Waals surface area (Å²) >= 11 is 0. The van der Waals surface area contributed by atoms with Gasteiger partial charge in [0.05, 0.1) is 7.11 Å². The molecule has 2 N–H and O–H groups in total. The molecule has 0 saturated heterocycles. The molecule has 110 valence electrons. The minimum atomic E-state index is -1.08. The molecule has 19 heavy (non-hydrogen) atoms. The van der Waals surface area contributed by atoms with Gasteiger partial charge in [-0.2, -0.15) is 0 Å². The molecule has 0 aromatic rings. The largest absolute Gasteiger partial charge is 0.480 e. The standard InChI is InChI=1S/C13H23NO5/c1-4-5-6-11(15)14-10(13(17)18)7-9(2)8-12(16)19-3/h9-10H,4-8H2,1-3H3,(H,14,15)(H,17,18)/t9?,10-/m0/s1. The lowest BCUT2D eigenvalue weighted by Crippen LogP contribution is -2.41. The summed E-state index contributed by atoms with van der Waals surface area (Å²) < 4.78 is 4.52. The van der Waals surface area contributed by atoms with E-state index in [0.29, 0.717) is 6.42 Å². The number of carbonyl (C=O) groups excluding carboxylic acids is 2. The van der Waals surface area contributed by atoms with Crippen LogP contribution in [-0.2, 0) is 19.1 Å². The molecule has 1 unspecified atom stereocenters. The molecule has 0 rings (SSSR count). The lowest BCUT2D eigenvalue weighted by molar-refractivity contribution is -0.144. The monoisotopic (exact) mass is 273 g/mol. The fourth-order valence-electron chi connectivity index (χ4n) is 1.68. The second kappa shape index (κ2) is 9.35. The van der Waals surface area contributed by atoms with Crippen molar-refractivity contribution in [2.24, 2.45) is 5.92 Å². The van der Waals surface area contributed by atoms with Crippen molar-refractivity contribution in [2.75, 3.05) is 7.11 Å². The van der Waals surface area contributed by atoms with Crippen molar-refractivity contribution in [1.82, 2.24) is 5.32 Å². The van der Waals surface area contributed by atoms with E-state index in [1.165, 1.54) is 7.11 Å². The number of esters is 1. The molecule has 0 fully saturated rings. The molecule has 2 atom stereocenters. The molecule has 0 spiro atoms. The van der Waals surface area contributed by atoms with E-state index in [1.54, 1.807) is 6.92 Å². The summed E-state index contributed by atoms with van der Waals surface area (Å²) in [5, 5.41) is 11.5. The third-order valence-electron chi connectivity index (χ3n) is 2.77. The summed E-state index contributed by atoms with van der Waals surface area (Å²) in [7, 11) is 1.29. The molecule has 0 bridgehead atoms. The highest BCUT2D eigenvalue weighted by molar-refractivity contribution is 5.83. The van der Waals surface area contributed by atoms with E-state index in [9.17, 15) is 14.4 Å². The Labute approximate surface area is 113 Å². The molecular formula is C13H23NO5. The van der Waals surface area contributed by atoms with Crippen molar-refractivity contribution < 1.29 is 24.2 Å². The van der Waals surface area contributed by atoms with E-state index in [-0.39, 0.29) is 30.6 Å². The van der Waals surface area contributed by atoms with Crippen LogP contribution in [0.25, 0.3) is 0 Å². The molecule has 6 heteroatoms. The molecule has 0 saturated carbocycles. The first-order valence-corrected chi connectivity index (χ1v) is 6.49. The Morgan fingerprint density at radius 3 is 2.42 bits per heavy atom. The van der Waals surface area contributed by atoms with Crippen molar-refractivity contribution >= 4 is 17.8 Å². The highest BCUT2D eigenvalue weighted by Gasteiger charge is 2.23. The summed E-state index contributed by atoms with van der Waals surface area (Å²) in [4.78, 5) is 33.7. The number of carboxylic acids is 1. The zero-order valence-corrected chi connectivity index (χ0v) is 11.8. The maximum absolute atomic E-state index is 11.5. The van der Waals surface area contributed by atoms with Crippen molar-refractivity contribution in [3.63, 3.8) is 0 Å². The predicted molar refractivity (Wildman–Crippen MR) is 69.5 cm³/mol. The van der Waals surface area contributed by atoms with E-state index >= 15 is 0 Å². The van der Waals surface area contributed by atoms with Crippen LogP contribution < -0.4 is 5.32 Å². The van der Waals surface area contributed by atoms with Gasteiger partial charge in [0, 0.05) is 12.8 Å². The maximum atomic E-state index is 11.5. The van der Waals surface area contributed by atoms with Gasteiger partial charge in [0.15, 0.2) is 0 Å². The van der Waals surface area contributed by atoms with Gasteiger partial charge in [-0.25, -0.2) is 4.79 Å². The number of rotatable bonds is 9. The molecule has 0 radical (unpaired) electrons. The fraction of sp³-hybridized carbons (Fsp3) is 0.769. The number of nitrogens with one attached hydrogen (secondary N) is 1. The number of unbranched alkanes of at least 4 members (excludes halogenated alkanes) is 1. The van der Waals surface area contributed by atoms with Gasteiger partial charge in [-0.3, -0.25) is 9.59 Å². The average Bonchev–Trinajstić information content (AvgIpc) is 2.35. The summed E-state index contributed by atoms with van der Waals surface area (Å²) in [5.41, 5.74) is 0. The smallest absolute Gasteiger partial charge is 0.326 e. The van der Waals surface area contributed by atoms with Crippen LogP contribution in [0.1, 0.15) is 46.0 Å². The molecule has 0 aromatic carbocycles. The number of aliphatic carboxylic acids is 1. The SMILES string of the molecule is CCCCC(=O)N[C@@H](CC(C)CC(=O)OC)C(=O)O. The van der Waals surface area contributed by atoms with Crippen molar-refractivity contribution in [3.8, 4) is 0 Å². The molecule has 0 aliphatic rings. The summed E-state index contributed by atoms with van der Waals surface area (Å²) in [6.45, 7) is 3.71. The van der Waals surface area contributed by atoms with Gasteiger partial charge >= 0.3 is 11.9 Å². The van der Waals surface area contributed by atoms with Crippen molar-refractivity contribution in [3.05, 3.63) is 0 Å². The first kappa shape index (κ1) is 17.4. The van der Waals surface area contributed by atoms with E-state index < -0.39 is 12.0 Å². The van der Waals surface area contributed by atoms with Gasteiger partial charge in [-0.1, -0.05) is 20.3 Å². The number of hydrogen-bond acceptors (Lipinski definition) is 4. The Balaban J connectivity index is 4.29. The van der Waals surface area contributed by atoms with Crippen LogP contribution in [0.2, 0.25) is 0 Å². The third-order valence-corrected chi connectivity index (χ3v) is 2.77. The zero-order chi connectivity index (χ0) is 14.8. The minimum absolute atomic E-state index is 0.144. The molecule has 0 aliphatic carbocycles. The quantitative estimate of drug-likeness (QED) is 0.618. The Morgan fingerprint density at radius 1 is 1.32 bits per heavy atom. The second-order valence-electron chi connectivity index (χ2n) is 4.68. The normalized spacial score (nSPS) is 13.4. The molecule has 0 aliphatic heterocycles. The average molecular weight is 273 g/mol. The van der Waals surface area contributed by atoms with Gasteiger partial charge in [-0.05, 0) is 18.8 Å². The predicted octanol–water partition coefficient (Wildman–Crippen LogP) is 1.34. The van der Waals surface area contributed by atoms with Gasteiger partial charge in [0.2, 0.25) is 5.91 Å². The van der Waals surface area contributed by atoms with E-state index in [2.05, 4.69) is 10.1 Å². The molecule has 6 nitrogen and oxygen atoms in total. The van der Waals surface area contributed by atoms with E-state index in [4.69, 9.17) is 5.11 Å². The maximum Gasteiger partial charge on any atom is 0.326 e. The first-order valence-electron chi connectivity index (χ1n) is 6.49. The highest BCUT2D eigenvalue weighted by atomic mass is 16.5. The van der Waals surface area contributed by atoms with Crippen molar-refractivity contribution in [1.29, 1.82) is 0 Å². The first-order chi connectivity index (χ1) is 8.90. The number of amides is 1. The van der Waals surface area contributed by atoms with Crippen LogP contribution in [0.5, 0.6) is 0 Å². The summed E-state index contributed by atoms with van der Waals surface area (Å²) in [5.74, 6) is -1.89. The van der Waals surface area contributed by atoms with Gasteiger partial charge < -0.3 is 15.2 Å².